The maximum absolute atomic E-state index is 12.9. The number of aliphatic hydroxyl groups is 6. The smallest absolute Gasteiger partial charge is 0.303 e. The van der Waals surface area contributed by atoms with E-state index in [0.717, 1.165) is 52.1 Å². The molecule has 3 saturated carbocycles. The van der Waals surface area contributed by atoms with E-state index in [4.69, 9.17) is 33.2 Å². The van der Waals surface area contributed by atoms with Gasteiger partial charge in [-0.25, -0.2) is 0 Å². The van der Waals surface area contributed by atoms with Gasteiger partial charge in [0.1, 0.15) is 36.6 Å². The number of allylic oxidation sites excluding steroid dienone is 1. The molecule has 14 nitrogen and oxygen atoms in total. The van der Waals surface area contributed by atoms with Gasteiger partial charge in [-0.3, -0.25) is 4.79 Å². The molecule has 4 aliphatic carbocycles. The lowest BCUT2D eigenvalue weighted by molar-refractivity contribution is -0.370. The van der Waals surface area contributed by atoms with Crippen molar-refractivity contribution in [2.24, 2.45) is 40.4 Å². The van der Waals surface area contributed by atoms with Crippen LogP contribution in [0.25, 0.3) is 0 Å². The third-order valence-corrected chi connectivity index (χ3v) is 16.0. The number of rotatable bonds is 6. The van der Waals surface area contributed by atoms with Crippen molar-refractivity contribution in [3.8, 4) is 0 Å². The molecule has 4 saturated heterocycles. The third-order valence-electron chi connectivity index (χ3n) is 16.0. The molecule has 6 N–H and O–H groups in total. The Balaban J connectivity index is 0.988. The van der Waals surface area contributed by atoms with E-state index in [0.29, 0.717) is 25.2 Å². The number of fused-ring (bicyclic) bond motifs is 7. The van der Waals surface area contributed by atoms with Crippen LogP contribution in [0.4, 0.5) is 0 Å². The Labute approximate surface area is 323 Å². The van der Waals surface area contributed by atoms with Gasteiger partial charge in [0.15, 0.2) is 24.5 Å². The Morgan fingerprint density at radius 2 is 1.62 bits per heavy atom. The highest BCUT2D eigenvalue weighted by atomic mass is 16.8. The zero-order valence-corrected chi connectivity index (χ0v) is 33.1. The average Bonchev–Trinajstić information content (AvgIpc) is 3.54. The Morgan fingerprint density at radius 3 is 2.31 bits per heavy atom. The average molecular weight is 781 g/mol. The van der Waals surface area contributed by atoms with E-state index in [-0.39, 0.29) is 46.7 Å². The summed E-state index contributed by atoms with van der Waals surface area (Å²) in [6, 6.07) is 0. The van der Waals surface area contributed by atoms with Gasteiger partial charge in [0, 0.05) is 37.0 Å². The molecule has 4 heterocycles. The fraction of sp³-hybridized carbons (Fsp3) is 0.927. The summed E-state index contributed by atoms with van der Waals surface area (Å²) in [6.45, 7) is 12.0. The molecule has 1 spiro atoms. The molecule has 4 aliphatic heterocycles. The largest absolute Gasteiger partial charge is 0.454 e. The first-order chi connectivity index (χ1) is 26.0. The van der Waals surface area contributed by atoms with Crippen LogP contribution in [0.1, 0.15) is 99.3 Å². The molecule has 0 unspecified atom stereocenters. The van der Waals surface area contributed by atoms with E-state index in [1.807, 2.05) is 0 Å². The fourth-order valence-corrected chi connectivity index (χ4v) is 12.8. The highest BCUT2D eigenvalue weighted by molar-refractivity contribution is 5.66. The van der Waals surface area contributed by atoms with Gasteiger partial charge in [-0.15, -0.1) is 0 Å². The van der Waals surface area contributed by atoms with Crippen LogP contribution in [0.5, 0.6) is 0 Å². The van der Waals surface area contributed by atoms with Crippen molar-refractivity contribution in [2.75, 3.05) is 13.2 Å². The number of hydrogen-bond acceptors (Lipinski definition) is 14. The maximum Gasteiger partial charge on any atom is 0.303 e. The molecular weight excluding hydrogens is 716 g/mol. The highest BCUT2D eigenvalue weighted by Crippen LogP contribution is 2.72. The second-order valence-electron chi connectivity index (χ2n) is 19.0. The fourth-order valence-electron chi connectivity index (χ4n) is 12.8. The molecule has 0 amide bonds. The van der Waals surface area contributed by atoms with Gasteiger partial charge < -0.3 is 63.8 Å². The summed E-state index contributed by atoms with van der Waals surface area (Å²) in [5.74, 6) is 0.0657. The van der Waals surface area contributed by atoms with Gasteiger partial charge in [-0.2, -0.15) is 0 Å². The standard InChI is InChI=1S/C41H64O14/c1-19-9-14-41(49-18-19)20(2)29-27(55-41)16-40(48)26-8-7-23-15-24(10-12-38(23,5)25(26)11-13-39(29,40)6)52-37-35(33(47)31(45)28(17-42)53-37)54-36-34(51-22(4)43)32(46)30(44)21(3)50-36/h7,19-21,24-37,42,44-48H,8-18H2,1-6H3/t19-,20+,21+,24+,25+,26-,27+,28-,29+,30+,31-,32-,33+,34-,35-,36+,37-,38+,39-,40-,41-/m1/s1. The molecule has 312 valence electrons. The van der Waals surface area contributed by atoms with Gasteiger partial charge in [0.2, 0.25) is 0 Å². The van der Waals surface area contributed by atoms with Crippen molar-refractivity contribution in [2.45, 2.75) is 184 Å². The summed E-state index contributed by atoms with van der Waals surface area (Å²) in [7, 11) is 0. The van der Waals surface area contributed by atoms with Crippen LogP contribution < -0.4 is 0 Å². The summed E-state index contributed by atoms with van der Waals surface area (Å²) >= 11 is 0. The first-order valence-electron chi connectivity index (χ1n) is 20.8. The second-order valence-corrected chi connectivity index (χ2v) is 19.0. The normalized spacial score (nSPS) is 56.2. The van der Waals surface area contributed by atoms with Gasteiger partial charge in [0.05, 0.1) is 37.1 Å². The van der Waals surface area contributed by atoms with Gasteiger partial charge in [0.25, 0.3) is 0 Å². The van der Waals surface area contributed by atoms with Crippen molar-refractivity contribution in [1.82, 2.24) is 0 Å². The van der Waals surface area contributed by atoms with E-state index in [2.05, 4.69) is 33.8 Å². The molecule has 7 fully saturated rings. The van der Waals surface area contributed by atoms with Crippen LogP contribution in [-0.4, -0.2) is 135 Å². The molecule has 14 heteroatoms. The lowest BCUT2D eigenvalue weighted by Gasteiger charge is -2.62. The summed E-state index contributed by atoms with van der Waals surface area (Å²) in [5.41, 5.74) is -0.0147. The number of carbonyl (C=O) groups is 1. The first kappa shape index (κ1) is 40.5. The van der Waals surface area contributed by atoms with E-state index in [9.17, 15) is 35.4 Å². The van der Waals surface area contributed by atoms with Crippen LogP contribution in [0.2, 0.25) is 0 Å². The summed E-state index contributed by atoms with van der Waals surface area (Å²) < 4.78 is 43.1. The van der Waals surface area contributed by atoms with E-state index in [1.165, 1.54) is 12.5 Å². The number of esters is 1. The Bertz CT molecular complexity index is 1470. The molecule has 0 radical (unpaired) electrons. The maximum atomic E-state index is 12.9. The predicted molar refractivity (Wildman–Crippen MR) is 193 cm³/mol. The quantitative estimate of drug-likeness (QED) is 0.169. The first-order valence-corrected chi connectivity index (χ1v) is 20.8. The molecule has 8 aliphatic rings. The molecule has 21 atom stereocenters. The van der Waals surface area contributed by atoms with Crippen LogP contribution in [0.15, 0.2) is 11.6 Å². The zero-order chi connectivity index (χ0) is 39.4. The van der Waals surface area contributed by atoms with Gasteiger partial charge in [-0.1, -0.05) is 39.3 Å². The summed E-state index contributed by atoms with van der Waals surface area (Å²) in [4.78, 5) is 11.9. The van der Waals surface area contributed by atoms with E-state index in [1.54, 1.807) is 0 Å². The lowest BCUT2D eigenvalue weighted by Crippen LogP contribution is -2.65. The molecule has 0 bridgehead atoms. The Hall–Kier alpha value is -1.27. The number of ether oxygens (including phenoxy) is 7. The molecular formula is C41H64O14. The highest BCUT2D eigenvalue weighted by Gasteiger charge is 2.74. The molecule has 55 heavy (non-hydrogen) atoms. The summed E-state index contributed by atoms with van der Waals surface area (Å²) in [6.07, 6.45) is -4.34. The monoisotopic (exact) mass is 780 g/mol. The minimum absolute atomic E-state index is 0.0263. The second kappa shape index (κ2) is 14.5. The van der Waals surface area contributed by atoms with Crippen molar-refractivity contribution in [1.29, 1.82) is 0 Å². The van der Waals surface area contributed by atoms with Gasteiger partial charge in [-0.05, 0) is 75.0 Å². The van der Waals surface area contributed by atoms with Crippen LogP contribution in [-0.2, 0) is 38.0 Å². The van der Waals surface area contributed by atoms with Gasteiger partial charge >= 0.3 is 5.97 Å². The van der Waals surface area contributed by atoms with Crippen LogP contribution in [0, 0.1) is 40.4 Å². The molecule has 0 aromatic rings. The van der Waals surface area contributed by atoms with E-state index >= 15 is 0 Å². The van der Waals surface area contributed by atoms with Crippen LogP contribution >= 0.6 is 0 Å². The topological polar surface area (TPSA) is 203 Å². The van der Waals surface area contributed by atoms with Crippen molar-refractivity contribution in [3.63, 3.8) is 0 Å². The number of carbonyl (C=O) groups excluding carboxylic acids is 1. The van der Waals surface area contributed by atoms with Crippen molar-refractivity contribution < 1.29 is 68.6 Å². The number of aliphatic hydroxyl groups excluding tert-OH is 5. The lowest BCUT2D eigenvalue weighted by atomic mass is 9.45. The van der Waals surface area contributed by atoms with Crippen LogP contribution in [0.3, 0.4) is 0 Å². The Kier molecular flexibility index (Phi) is 10.7. The van der Waals surface area contributed by atoms with Crippen molar-refractivity contribution >= 4 is 5.97 Å². The third kappa shape index (κ3) is 6.30. The molecule has 0 aromatic carbocycles. The zero-order valence-electron chi connectivity index (χ0n) is 33.1. The van der Waals surface area contributed by atoms with Crippen molar-refractivity contribution in [3.05, 3.63) is 11.6 Å². The minimum Gasteiger partial charge on any atom is -0.454 e. The van der Waals surface area contributed by atoms with E-state index < -0.39 is 85.4 Å². The molecule has 8 rings (SSSR count). The molecule has 0 aromatic heterocycles. The SMILES string of the molecule is CC(=O)O[C@H]1[C@H](O[C@H]2[C@H](O[C@H]3CC[C@@]4(C)C(=CC[C@@H]5[C@@H]4CC[C@]4(C)[C@@H]6[C@H](C[C@@]54O)O[C@]4(CC[C@@H](C)CO4)[C@H]6C)C3)O[C@H](CO)[C@@H](O)[C@@H]2O)O[C@@H](C)[C@H](O)[C@H]1O. The Morgan fingerprint density at radius 1 is 0.891 bits per heavy atom. The summed E-state index contributed by atoms with van der Waals surface area (Å²) in [5, 5.41) is 66.2. The number of hydrogen-bond donors (Lipinski definition) is 6. The minimum atomic E-state index is -1.60. The predicted octanol–water partition coefficient (Wildman–Crippen LogP) is 2.08.